The molecule has 2 heteroatoms. The molecule has 0 amide bonds. The Balaban J connectivity index is 0.000000606. The molecule has 0 radical (unpaired) electrons. The van der Waals surface area contributed by atoms with Gasteiger partial charge >= 0.3 is 0 Å². The number of pyridine rings is 1. The zero-order valence-electron chi connectivity index (χ0n) is 10.6. The molecule has 0 aliphatic heterocycles. The van der Waals surface area contributed by atoms with Crippen LogP contribution in [0.15, 0.2) is 22.7 Å². The summed E-state index contributed by atoms with van der Waals surface area (Å²) in [7, 11) is 0. The summed E-state index contributed by atoms with van der Waals surface area (Å²) in [5.41, 5.74) is 4.81. The van der Waals surface area contributed by atoms with Crippen LogP contribution in [0.3, 0.4) is 0 Å². The van der Waals surface area contributed by atoms with Crippen molar-refractivity contribution in [2.24, 2.45) is 0 Å². The minimum Gasteiger partial charge on any atom is -0.253 e. The van der Waals surface area contributed by atoms with Crippen LogP contribution in [-0.2, 0) is 0 Å². The van der Waals surface area contributed by atoms with Gasteiger partial charge < -0.3 is 0 Å². The first-order valence-corrected chi connectivity index (χ1v) is 6.42. The summed E-state index contributed by atoms with van der Waals surface area (Å²) in [4.78, 5) is 4.57. The van der Waals surface area contributed by atoms with E-state index in [4.69, 9.17) is 0 Å². The molecule has 1 nitrogen and oxygen atoms in total. The van der Waals surface area contributed by atoms with Crippen molar-refractivity contribution >= 4 is 26.8 Å². The number of halogens is 1. The minimum absolute atomic E-state index is 1.07. The molecule has 0 saturated heterocycles. The van der Waals surface area contributed by atoms with Crippen molar-refractivity contribution in [2.75, 3.05) is 0 Å². The lowest BCUT2D eigenvalue weighted by atomic mass is 10.0. The predicted molar refractivity (Wildman–Crippen MR) is 75.0 cm³/mol. The molecule has 2 rings (SSSR count). The quantitative estimate of drug-likeness (QED) is 0.665. The van der Waals surface area contributed by atoms with E-state index in [2.05, 4.69) is 59.9 Å². The first-order valence-electron chi connectivity index (χ1n) is 5.62. The summed E-state index contributed by atoms with van der Waals surface area (Å²) in [5.74, 6) is 0. The number of hydrogen-bond donors (Lipinski definition) is 0. The largest absolute Gasteiger partial charge is 0.253 e. The van der Waals surface area contributed by atoms with E-state index in [1.165, 1.54) is 16.5 Å². The summed E-state index contributed by atoms with van der Waals surface area (Å²) in [5, 5.41) is 1.25. The zero-order chi connectivity index (χ0) is 12.3. The molecule has 0 saturated carbocycles. The molecular weight excluding hydrogens is 262 g/mol. The monoisotopic (exact) mass is 279 g/mol. The molecule has 0 spiro atoms. The van der Waals surface area contributed by atoms with E-state index >= 15 is 0 Å². The van der Waals surface area contributed by atoms with Crippen molar-refractivity contribution in [2.45, 2.75) is 34.6 Å². The molecule has 2 aromatic rings. The van der Waals surface area contributed by atoms with Gasteiger partial charge in [-0.1, -0.05) is 35.8 Å². The lowest BCUT2D eigenvalue weighted by Crippen LogP contribution is -1.93. The molecule has 0 unspecified atom stereocenters. The number of benzene rings is 1. The predicted octanol–water partition coefficient (Wildman–Crippen LogP) is 4.95. The van der Waals surface area contributed by atoms with Gasteiger partial charge in [-0.05, 0) is 44.0 Å². The molecule has 0 N–H and O–H groups in total. The molecule has 0 aliphatic carbocycles. The van der Waals surface area contributed by atoms with Gasteiger partial charge in [-0.15, -0.1) is 0 Å². The fourth-order valence-corrected chi connectivity index (χ4v) is 2.00. The second-order valence-electron chi connectivity index (χ2n) is 3.61. The van der Waals surface area contributed by atoms with Gasteiger partial charge in [0.1, 0.15) is 0 Å². The maximum Gasteiger partial charge on any atom is 0.0719 e. The third kappa shape index (κ3) is 2.43. The van der Waals surface area contributed by atoms with Gasteiger partial charge in [-0.3, -0.25) is 4.98 Å². The highest BCUT2D eigenvalue weighted by Gasteiger charge is 2.05. The van der Waals surface area contributed by atoms with Crippen LogP contribution in [0.4, 0.5) is 0 Å². The molecule has 1 aromatic carbocycles. The van der Waals surface area contributed by atoms with E-state index in [1.807, 2.05) is 13.8 Å². The van der Waals surface area contributed by atoms with Gasteiger partial charge in [0.15, 0.2) is 0 Å². The first-order chi connectivity index (χ1) is 7.59. The average Bonchev–Trinajstić information content (AvgIpc) is 2.28. The summed E-state index contributed by atoms with van der Waals surface area (Å²) >= 11 is 3.46. The molecule has 16 heavy (non-hydrogen) atoms. The van der Waals surface area contributed by atoms with Crippen LogP contribution >= 0.6 is 15.9 Å². The highest BCUT2D eigenvalue weighted by atomic mass is 79.9. The molecular formula is C14H18BrN. The third-order valence-electron chi connectivity index (χ3n) is 2.76. The molecule has 86 valence electrons. The Morgan fingerprint density at radius 3 is 2.25 bits per heavy atom. The van der Waals surface area contributed by atoms with Crippen LogP contribution in [0.1, 0.15) is 30.7 Å². The second-order valence-corrected chi connectivity index (χ2v) is 4.52. The molecule has 1 aromatic heterocycles. The van der Waals surface area contributed by atoms with Gasteiger partial charge in [0, 0.05) is 15.6 Å². The number of fused-ring (bicyclic) bond motifs is 1. The number of nitrogens with zero attached hydrogens (tertiary/aromatic N) is 1. The van der Waals surface area contributed by atoms with Gasteiger partial charge in [0.2, 0.25) is 0 Å². The second kappa shape index (κ2) is 5.44. The zero-order valence-corrected chi connectivity index (χ0v) is 12.1. The van der Waals surface area contributed by atoms with Crippen molar-refractivity contribution in [3.05, 3.63) is 39.5 Å². The van der Waals surface area contributed by atoms with Crippen molar-refractivity contribution < 1.29 is 0 Å². The van der Waals surface area contributed by atoms with Crippen LogP contribution in [0.25, 0.3) is 10.9 Å². The number of rotatable bonds is 0. The summed E-state index contributed by atoms with van der Waals surface area (Å²) in [6, 6.07) is 6.24. The molecule has 0 fully saturated rings. The molecule has 0 atom stereocenters. The Labute approximate surface area is 106 Å². The molecule has 1 heterocycles. The van der Waals surface area contributed by atoms with Crippen molar-refractivity contribution in [3.63, 3.8) is 0 Å². The van der Waals surface area contributed by atoms with E-state index in [-0.39, 0.29) is 0 Å². The third-order valence-corrected chi connectivity index (χ3v) is 3.25. The lowest BCUT2D eigenvalue weighted by Gasteiger charge is -2.08. The van der Waals surface area contributed by atoms with E-state index in [0.717, 1.165) is 15.7 Å². The SMILES string of the molecule is CC.Cc1nc2cc(Br)ccc2c(C)c1C. The first kappa shape index (κ1) is 13.2. The molecule has 0 aliphatic rings. The van der Waals surface area contributed by atoms with Crippen LogP contribution in [-0.4, -0.2) is 4.98 Å². The van der Waals surface area contributed by atoms with Gasteiger partial charge in [-0.25, -0.2) is 0 Å². The normalized spacial score (nSPS) is 9.88. The van der Waals surface area contributed by atoms with Gasteiger partial charge in [0.05, 0.1) is 5.52 Å². The van der Waals surface area contributed by atoms with E-state index < -0.39 is 0 Å². The Bertz CT molecular complexity index is 504. The van der Waals surface area contributed by atoms with Crippen LogP contribution in [0.5, 0.6) is 0 Å². The van der Waals surface area contributed by atoms with E-state index in [0.29, 0.717) is 0 Å². The van der Waals surface area contributed by atoms with E-state index in [9.17, 15) is 0 Å². The summed E-state index contributed by atoms with van der Waals surface area (Å²) in [6.45, 7) is 10.3. The number of hydrogen-bond acceptors (Lipinski definition) is 1. The van der Waals surface area contributed by atoms with Crippen molar-refractivity contribution in [1.82, 2.24) is 4.98 Å². The minimum atomic E-state index is 1.07. The molecule has 0 bridgehead atoms. The average molecular weight is 280 g/mol. The van der Waals surface area contributed by atoms with Crippen molar-refractivity contribution in [3.8, 4) is 0 Å². The fraction of sp³-hybridized carbons (Fsp3) is 0.357. The maximum absolute atomic E-state index is 4.57. The van der Waals surface area contributed by atoms with Crippen LogP contribution in [0, 0.1) is 20.8 Å². The lowest BCUT2D eigenvalue weighted by molar-refractivity contribution is 1.17. The fourth-order valence-electron chi connectivity index (χ4n) is 1.65. The highest BCUT2D eigenvalue weighted by molar-refractivity contribution is 9.10. The Kier molecular flexibility index (Phi) is 4.48. The number of aryl methyl sites for hydroxylation is 2. The van der Waals surface area contributed by atoms with Gasteiger partial charge in [0.25, 0.3) is 0 Å². The van der Waals surface area contributed by atoms with Crippen molar-refractivity contribution in [1.29, 1.82) is 0 Å². The highest BCUT2D eigenvalue weighted by Crippen LogP contribution is 2.24. The number of aromatic nitrogens is 1. The topological polar surface area (TPSA) is 12.9 Å². The van der Waals surface area contributed by atoms with Crippen LogP contribution in [0.2, 0.25) is 0 Å². The summed E-state index contributed by atoms with van der Waals surface area (Å²) in [6.07, 6.45) is 0. The Morgan fingerprint density at radius 1 is 1.00 bits per heavy atom. The summed E-state index contributed by atoms with van der Waals surface area (Å²) < 4.78 is 1.08. The standard InChI is InChI=1S/C12H12BrN.C2H6/c1-7-8(2)11-5-4-10(13)6-12(11)14-9(7)3;1-2/h4-6H,1-3H3;1-2H3. The maximum atomic E-state index is 4.57. The Morgan fingerprint density at radius 2 is 1.62 bits per heavy atom. The van der Waals surface area contributed by atoms with Crippen LogP contribution < -0.4 is 0 Å². The van der Waals surface area contributed by atoms with E-state index in [1.54, 1.807) is 0 Å². The van der Waals surface area contributed by atoms with Gasteiger partial charge in [-0.2, -0.15) is 0 Å². The smallest absolute Gasteiger partial charge is 0.0719 e. The Hall–Kier alpha value is -0.890.